The number of hydrogen-bond donors (Lipinski definition) is 6. The van der Waals surface area contributed by atoms with Gasteiger partial charge in [0.05, 0.1) is 6.04 Å². The first-order valence-corrected chi connectivity index (χ1v) is 12.0. The molecule has 30 heavy (non-hydrogen) atoms. The Morgan fingerprint density at radius 3 is 2.00 bits per heavy atom. The fourth-order valence-electron chi connectivity index (χ4n) is 2.48. The number of carbonyl (C=O) groups is 4. The highest BCUT2D eigenvalue weighted by Gasteiger charge is 2.32. The maximum absolute atomic E-state index is 12.8. The molecule has 0 aliphatic heterocycles. The molecule has 0 fully saturated rings. The van der Waals surface area contributed by atoms with E-state index in [4.69, 9.17) is 5.73 Å². The number of rotatable bonds is 14. The molecule has 5 atom stereocenters. The molecular weight excluding hydrogens is 428 g/mol. The molecule has 5 unspecified atom stereocenters. The topological polar surface area (TPSA) is 151 Å². The number of carboxylic acid groups (broad SMARTS) is 1. The van der Waals surface area contributed by atoms with Gasteiger partial charge in [-0.2, -0.15) is 24.4 Å². The van der Waals surface area contributed by atoms with Crippen LogP contribution in [0.1, 0.15) is 40.5 Å². The van der Waals surface area contributed by atoms with Crippen molar-refractivity contribution in [2.24, 2.45) is 17.6 Å². The lowest BCUT2D eigenvalue weighted by Crippen LogP contribution is -2.59. The van der Waals surface area contributed by atoms with E-state index in [0.29, 0.717) is 12.2 Å². The van der Waals surface area contributed by atoms with E-state index in [0.717, 1.165) is 0 Å². The Morgan fingerprint density at radius 1 is 1.00 bits per heavy atom. The van der Waals surface area contributed by atoms with E-state index < -0.39 is 47.9 Å². The van der Waals surface area contributed by atoms with E-state index >= 15 is 0 Å². The first-order chi connectivity index (χ1) is 14.0. The van der Waals surface area contributed by atoms with E-state index in [1.807, 2.05) is 13.2 Å². The number of nitrogens with two attached hydrogens (primary N) is 1. The third-order valence-electron chi connectivity index (χ3n) is 4.85. The molecule has 174 valence electrons. The van der Waals surface area contributed by atoms with E-state index in [9.17, 15) is 24.3 Å². The van der Waals surface area contributed by atoms with Crippen LogP contribution in [0.3, 0.4) is 0 Å². The Labute approximate surface area is 188 Å². The third kappa shape index (κ3) is 9.57. The van der Waals surface area contributed by atoms with Crippen molar-refractivity contribution in [3.63, 3.8) is 0 Å². The quantitative estimate of drug-likeness (QED) is 0.202. The second kappa shape index (κ2) is 14.5. The van der Waals surface area contributed by atoms with Crippen molar-refractivity contribution >= 4 is 48.1 Å². The lowest BCUT2D eigenvalue weighted by Gasteiger charge is -2.28. The van der Waals surface area contributed by atoms with Crippen LogP contribution in [0.2, 0.25) is 0 Å². The molecule has 6 N–H and O–H groups in total. The van der Waals surface area contributed by atoms with Crippen molar-refractivity contribution in [3.05, 3.63) is 0 Å². The fraction of sp³-hybridized carbons (Fsp3) is 0.789. The average molecular weight is 465 g/mol. The van der Waals surface area contributed by atoms with E-state index in [1.165, 1.54) is 11.8 Å². The number of nitrogens with one attached hydrogen (secondary N) is 3. The van der Waals surface area contributed by atoms with Gasteiger partial charge in [-0.3, -0.25) is 14.4 Å². The van der Waals surface area contributed by atoms with Crippen molar-refractivity contribution in [2.75, 3.05) is 17.8 Å². The van der Waals surface area contributed by atoms with Crippen molar-refractivity contribution in [1.29, 1.82) is 0 Å². The Morgan fingerprint density at radius 2 is 1.57 bits per heavy atom. The first kappa shape index (κ1) is 28.5. The minimum atomic E-state index is -1.13. The molecule has 0 aromatic carbocycles. The van der Waals surface area contributed by atoms with Crippen molar-refractivity contribution in [1.82, 2.24) is 16.0 Å². The molecule has 0 aliphatic carbocycles. The van der Waals surface area contributed by atoms with Crippen LogP contribution in [0.15, 0.2) is 0 Å². The Bertz CT molecular complexity index is 591. The van der Waals surface area contributed by atoms with E-state index in [2.05, 4.69) is 28.6 Å². The lowest BCUT2D eigenvalue weighted by atomic mass is 9.97. The van der Waals surface area contributed by atoms with Crippen molar-refractivity contribution in [2.45, 2.75) is 64.7 Å². The van der Waals surface area contributed by atoms with E-state index in [1.54, 1.807) is 20.8 Å². The van der Waals surface area contributed by atoms with Gasteiger partial charge in [0.1, 0.15) is 18.1 Å². The maximum atomic E-state index is 12.8. The Balaban J connectivity index is 5.29. The molecule has 0 rings (SSSR count). The van der Waals surface area contributed by atoms with Gasteiger partial charge in [-0.25, -0.2) is 4.79 Å². The van der Waals surface area contributed by atoms with Gasteiger partial charge in [0.2, 0.25) is 17.7 Å². The minimum Gasteiger partial charge on any atom is -0.480 e. The summed E-state index contributed by atoms with van der Waals surface area (Å²) in [6.07, 6.45) is 2.70. The minimum absolute atomic E-state index is 0.0166. The summed E-state index contributed by atoms with van der Waals surface area (Å²) in [7, 11) is 0. The highest BCUT2D eigenvalue weighted by molar-refractivity contribution is 7.98. The van der Waals surface area contributed by atoms with Crippen molar-refractivity contribution < 1.29 is 24.3 Å². The zero-order chi connectivity index (χ0) is 23.4. The summed E-state index contributed by atoms with van der Waals surface area (Å²) in [5.41, 5.74) is 5.82. The van der Waals surface area contributed by atoms with Crippen LogP contribution in [0, 0.1) is 11.8 Å². The van der Waals surface area contributed by atoms with Gasteiger partial charge < -0.3 is 26.8 Å². The van der Waals surface area contributed by atoms with Crippen LogP contribution >= 0.6 is 24.4 Å². The number of amides is 3. The Hall–Kier alpha value is -1.46. The zero-order valence-electron chi connectivity index (χ0n) is 18.3. The van der Waals surface area contributed by atoms with Crippen LogP contribution in [-0.4, -0.2) is 70.7 Å². The first-order valence-electron chi connectivity index (χ1n) is 9.99. The largest absolute Gasteiger partial charge is 0.480 e. The molecular formula is C19H36N4O5S2. The van der Waals surface area contributed by atoms with Gasteiger partial charge in [0.15, 0.2) is 0 Å². The fourth-order valence-corrected chi connectivity index (χ4v) is 3.20. The zero-order valence-corrected chi connectivity index (χ0v) is 20.0. The van der Waals surface area contributed by atoms with Crippen LogP contribution in [0.4, 0.5) is 0 Å². The number of carboxylic acids is 1. The van der Waals surface area contributed by atoms with Crippen LogP contribution in [-0.2, 0) is 19.2 Å². The molecule has 0 aromatic heterocycles. The van der Waals surface area contributed by atoms with Gasteiger partial charge >= 0.3 is 5.97 Å². The highest BCUT2D eigenvalue weighted by atomic mass is 32.2. The molecule has 0 saturated heterocycles. The molecule has 0 saturated carbocycles. The van der Waals surface area contributed by atoms with Crippen LogP contribution in [0.25, 0.3) is 0 Å². The molecule has 0 radical (unpaired) electrons. The summed E-state index contributed by atoms with van der Waals surface area (Å²) in [4.78, 5) is 49.1. The number of hydrogen-bond acceptors (Lipinski definition) is 7. The normalized spacial score (nSPS) is 16.1. The molecule has 11 heteroatoms. The van der Waals surface area contributed by atoms with Crippen molar-refractivity contribution in [3.8, 4) is 0 Å². The van der Waals surface area contributed by atoms with Gasteiger partial charge in [0, 0.05) is 5.75 Å². The standard InChI is InChI=1S/C19H36N4O5S2/c1-6-11(4)15(18(26)21-12(19(27)28)7-8-30-5)23-16(24)13(9-29)22-17(25)14(20)10(2)3/h10-15,29H,6-9,20H2,1-5H3,(H,21,26)(H,22,25)(H,23,24)(H,27,28). The SMILES string of the molecule is CCC(C)C(NC(=O)C(CS)NC(=O)C(N)C(C)C)C(=O)NC(CCSC)C(=O)O. The predicted molar refractivity (Wildman–Crippen MR) is 123 cm³/mol. The van der Waals surface area contributed by atoms with Crippen LogP contribution in [0.5, 0.6) is 0 Å². The number of thiol groups is 1. The van der Waals surface area contributed by atoms with Gasteiger partial charge in [-0.1, -0.05) is 34.1 Å². The molecule has 3 amide bonds. The summed E-state index contributed by atoms with van der Waals surface area (Å²) < 4.78 is 0. The summed E-state index contributed by atoms with van der Waals surface area (Å²) in [6, 6.07) is -3.74. The monoisotopic (exact) mass is 464 g/mol. The molecule has 0 heterocycles. The van der Waals surface area contributed by atoms with Gasteiger partial charge in [-0.05, 0) is 30.3 Å². The van der Waals surface area contributed by atoms with E-state index in [-0.39, 0.29) is 24.0 Å². The number of aliphatic carboxylic acids is 1. The van der Waals surface area contributed by atoms with Crippen LogP contribution < -0.4 is 21.7 Å². The number of thioether (sulfide) groups is 1. The molecule has 9 nitrogen and oxygen atoms in total. The molecule has 0 aromatic rings. The van der Waals surface area contributed by atoms with Gasteiger partial charge in [-0.15, -0.1) is 0 Å². The number of carbonyl (C=O) groups excluding carboxylic acids is 3. The molecule has 0 spiro atoms. The third-order valence-corrected chi connectivity index (χ3v) is 5.86. The summed E-state index contributed by atoms with van der Waals surface area (Å²) in [5.74, 6) is -2.54. The smallest absolute Gasteiger partial charge is 0.326 e. The highest BCUT2D eigenvalue weighted by Crippen LogP contribution is 2.10. The maximum Gasteiger partial charge on any atom is 0.326 e. The average Bonchev–Trinajstić information content (AvgIpc) is 2.70. The summed E-state index contributed by atoms with van der Waals surface area (Å²) in [5, 5.41) is 17.1. The second-order valence-corrected chi connectivity index (χ2v) is 8.92. The lowest BCUT2D eigenvalue weighted by molar-refractivity contribution is -0.142. The molecule has 0 aliphatic rings. The van der Waals surface area contributed by atoms with Gasteiger partial charge in [0.25, 0.3) is 0 Å². The summed E-state index contributed by atoms with van der Waals surface area (Å²) in [6.45, 7) is 7.22. The summed E-state index contributed by atoms with van der Waals surface area (Å²) >= 11 is 5.60. The molecule has 0 bridgehead atoms. The second-order valence-electron chi connectivity index (χ2n) is 7.57. The Kier molecular flexibility index (Phi) is 13.8. The predicted octanol–water partition coefficient (Wildman–Crippen LogP) is 0.238.